The van der Waals surface area contributed by atoms with Crippen LogP contribution in [0.15, 0.2) is 58.3 Å². The lowest BCUT2D eigenvalue weighted by Gasteiger charge is -2.25. The first-order valence-electron chi connectivity index (χ1n) is 8.21. The summed E-state index contributed by atoms with van der Waals surface area (Å²) in [6.45, 7) is 6.29. The van der Waals surface area contributed by atoms with Crippen LogP contribution in [0.4, 0.5) is 11.4 Å². The van der Waals surface area contributed by atoms with Gasteiger partial charge in [0.2, 0.25) is 0 Å². The minimum absolute atomic E-state index is 0.287. The normalized spacial score (nSPS) is 11.5. The van der Waals surface area contributed by atoms with Gasteiger partial charge >= 0.3 is 0 Å². The third-order valence-electron chi connectivity index (χ3n) is 3.82. The third kappa shape index (κ3) is 3.60. The number of nitrogens with one attached hydrogen (secondary N) is 2. The van der Waals surface area contributed by atoms with Crippen molar-refractivity contribution in [1.82, 2.24) is 4.98 Å². The summed E-state index contributed by atoms with van der Waals surface area (Å²) in [5.41, 5.74) is 2.39. The summed E-state index contributed by atoms with van der Waals surface area (Å²) in [7, 11) is 0. The van der Waals surface area contributed by atoms with Crippen LogP contribution in [0.3, 0.4) is 0 Å². The van der Waals surface area contributed by atoms with Crippen molar-refractivity contribution < 1.29 is 0 Å². The van der Waals surface area contributed by atoms with Gasteiger partial charge in [0, 0.05) is 23.8 Å². The molecule has 0 saturated heterocycles. The molecule has 0 aliphatic rings. The van der Waals surface area contributed by atoms with Gasteiger partial charge in [-0.25, -0.2) is 0 Å². The molecule has 3 aromatic rings. The highest BCUT2D eigenvalue weighted by Gasteiger charge is 2.24. The summed E-state index contributed by atoms with van der Waals surface area (Å²) in [5.74, 6) is 0. The molecule has 2 aromatic carbocycles. The van der Waals surface area contributed by atoms with E-state index >= 15 is 0 Å². The van der Waals surface area contributed by atoms with Crippen molar-refractivity contribution >= 4 is 11.4 Å². The number of hydrogen-bond acceptors (Lipinski definition) is 5. The lowest BCUT2D eigenvalue weighted by atomic mass is 10.0. The molecule has 0 amide bonds. The number of hydrogen-bond donors (Lipinski definition) is 2. The highest BCUT2D eigenvalue weighted by Crippen LogP contribution is 2.24. The zero-order chi connectivity index (χ0) is 18.0. The van der Waals surface area contributed by atoms with E-state index in [1.54, 1.807) is 6.20 Å². The summed E-state index contributed by atoms with van der Waals surface area (Å²) in [6.07, 6.45) is 1.75. The van der Waals surface area contributed by atoms with Crippen LogP contribution in [0.1, 0.15) is 26.3 Å². The van der Waals surface area contributed by atoms with Crippen LogP contribution in [-0.4, -0.2) is 10.5 Å². The van der Waals surface area contributed by atoms with Crippen LogP contribution in [0.5, 0.6) is 0 Å². The molecule has 2 N–H and O–H groups in total. The second-order valence-electron chi connectivity index (χ2n) is 7.01. The van der Waals surface area contributed by atoms with Crippen LogP contribution >= 0.6 is 0 Å². The first kappa shape index (κ1) is 16.9. The molecule has 0 atom stereocenters. The number of anilines is 2. The number of aromatic nitrogens is 1. The molecule has 0 aliphatic heterocycles. The van der Waals surface area contributed by atoms with E-state index in [9.17, 15) is 9.59 Å². The summed E-state index contributed by atoms with van der Waals surface area (Å²) in [5, 5.41) is 6.22. The van der Waals surface area contributed by atoms with Gasteiger partial charge in [-0.05, 0) is 38.5 Å². The Morgan fingerprint density at radius 2 is 1.60 bits per heavy atom. The van der Waals surface area contributed by atoms with E-state index in [2.05, 4.69) is 15.6 Å². The highest BCUT2D eigenvalue weighted by atomic mass is 16.2. The second-order valence-corrected chi connectivity index (χ2v) is 7.01. The lowest BCUT2D eigenvalue weighted by Crippen LogP contribution is -2.41. The molecular weight excluding hydrogens is 314 g/mol. The van der Waals surface area contributed by atoms with Gasteiger partial charge in [-0.3, -0.25) is 14.6 Å². The molecule has 128 valence electrons. The third-order valence-corrected chi connectivity index (χ3v) is 3.82. The summed E-state index contributed by atoms with van der Waals surface area (Å²) >= 11 is 0. The largest absolute Gasteiger partial charge is 0.376 e. The second kappa shape index (κ2) is 6.51. The fourth-order valence-corrected chi connectivity index (χ4v) is 2.68. The molecule has 5 nitrogen and oxygen atoms in total. The molecule has 0 fully saturated rings. The predicted octanol–water partition coefficient (Wildman–Crippen LogP) is 3.17. The van der Waals surface area contributed by atoms with Gasteiger partial charge < -0.3 is 10.6 Å². The molecule has 0 saturated carbocycles. The Kier molecular flexibility index (Phi) is 4.40. The summed E-state index contributed by atoms with van der Waals surface area (Å²) in [6, 6.07) is 13.6. The standard InChI is InChI=1S/C20H21N3O2/c1-20(2,3)23-17-16(18(24)19(17)25)22-12-13-8-4-5-9-14(13)15-10-6-7-11-21-15/h4-11,22-23H,12H2,1-3H3. The fraction of sp³-hybridized carbons (Fsp3) is 0.250. The van der Waals surface area contributed by atoms with Crippen molar-refractivity contribution in [1.29, 1.82) is 0 Å². The van der Waals surface area contributed by atoms with E-state index < -0.39 is 10.9 Å². The number of benzene rings is 1. The van der Waals surface area contributed by atoms with Gasteiger partial charge in [0.15, 0.2) is 0 Å². The Labute approximate surface area is 146 Å². The van der Waals surface area contributed by atoms with Crippen molar-refractivity contribution in [2.75, 3.05) is 10.6 Å². The van der Waals surface area contributed by atoms with E-state index in [4.69, 9.17) is 0 Å². The molecule has 0 bridgehead atoms. The Morgan fingerprint density at radius 3 is 2.28 bits per heavy atom. The van der Waals surface area contributed by atoms with Crippen LogP contribution in [0.25, 0.3) is 11.3 Å². The minimum Gasteiger partial charge on any atom is -0.376 e. The maximum absolute atomic E-state index is 11.9. The monoisotopic (exact) mass is 335 g/mol. The van der Waals surface area contributed by atoms with E-state index in [1.807, 2.05) is 63.2 Å². The topological polar surface area (TPSA) is 71.1 Å². The zero-order valence-electron chi connectivity index (χ0n) is 14.6. The minimum atomic E-state index is -0.470. The van der Waals surface area contributed by atoms with Gasteiger partial charge in [0.25, 0.3) is 10.9 Å². The number of rotatable bonds is 5. The number of pyridine rings is 1. The van der Waals surface area contributed by atoms with Gasteiger partial charge in [0.1, 0.15) is 11.4 Å². The van der Waals surface area contributed by atoms with E-state index in [1.165, 1.54) is 0 Å². The fourth-order valence-electron chi connectivity index (χ4n) is 2.68. The van der Waals surface area contributed by atoms with Crippen LogP contribution in [-0.2, 0) is 6.54 Å². The Balaban J connectivity index is 1.84. The molecule has 3 rings (SSSR count). The van der Waals surface area contributed by atoms with Crippen LogP contribution in [0.2, 0.25) is 0 Å². The number of nitrogens with zero attached hydrogens (tertiary/aromatic N) is 1. The summed E-state index contributed by atoms with van der Waals surface area (Å²) < 4.78 is 0. The molecule has 0 unspecified atom stereocenters. The molecule has 0 aliphatic carbocycles. The molecule has 1 heterocycles. The average Bonchev–Trinajstić information content (AvgIpc) is 2.60. The zero-order valence-corrected chi connectivity index (χ0v) is 14.6. The van der Waals surface area contributed by atoms with Gasteiger partial charge in [-0.1, -0.05) is 30.3 Å². The first-order valence-corrected chi connectivity index (χ1v) is 8.21. The maximum Gasteiger partial charge on any atom is 0.253 e. The van der Waals surface area contributed by atoms with Crippen molar-refractivity contribution in [2.45, 2.75) is 32.9 Å². The van der Waals surface area contributed by atoms with Gasteiger partial charge in [-0.15, -0.1) is 0 Å². The molecule has 0 radical (unpaired) electrons. The van der Waals surface area contributed by atoms with E-state index in [0.29, 0.717) is 17.9 Å². The van der Waals surface area contributed by atoms with Gasteiger partial charge in [-0.2, -0.15) is 0 Å². The predicted molar refractivity (Wildman–Crippen MR) is 102 cm³/mol. The molecule has 25 heavy (non-hydrogen) atoms. The first-order chi connectivity index (χ1) is 11.9. The van der Waals surface area contributed by atoms with Crippen LogP contribution < -0.4 is 21.5 Å². The Morgan fingerprint density at radius 1 is 0.920 bits per heavy atom. The van der Waals surface area contributed by atoms with Crippen LogP contribution in [0, 0.1) is 0 Å². The van der Waals surface area contributed by atoms with E-state index in [-0.39, 0.29) is 5.54 Å². The molecule has 1 aromatic heterocycles. The highest BCUT2D eigenvalue weighted by molar-refractivity contribution is 5.75. The quantitative estimate of drug-likeness (QED) is 0.701. The van der Waals surface area contributed by atoms with Crippen molar-refractivity contribution in [2.24, 2.45) is 0 Å². The van der Waals surface area contributed by atoms with Crippen molar-refractivity contribution in [3.63, 3.8) is 0 Å². The SMILES string of the molecule is CC(C)(C)Nc1c(NCc2ccccc2-c2ccccn2)c(=O)c1=O. The van der Waals surface area contributed by atoms with Crippen molar-refractivity contribution in [3.05, 3.63) is 74.7 Å². The molecule has 5 heteroatoms. The average molecular weight is 335 g/mol. The lowest BCUT2D eigenvalue weighted by molar-refractivity contribution is 0.632. The smallest absolute Gasteiger partial charge is 0.253 e. The summed E-state index contributed by atoms with van der Waals surface area (Å²) in [4.78, 5) is 28.1. The van der Waals surface area contributed by atoms with E-state index in [0.717, 1.165) is 16.8 Å². The molecule has 0 spiro atoms. The Hall–Kier alpha value is -2.95. The van der Waals surface area contributed by atoms with Crippen molar-refractivity contribution in [3.8, 4) is 11.3 Å². The Bertz CT molecular complexity index is 949. The maximum atomic E-state index is 11.9. The molecular formula is C20H21N3O2. The van der Waals surface area contributed by atoms with Gasteiger partial charge in [0.05, 0.1) is 5.69 Å².